The number of halogens is 1. The Morgan fingerprint density at radius 3 is 3.05 bits per heavy atom. The highest BCUT2D eigenvalue weighted by Crippen LogP contribution is 2.11. The fourth-order valence-electron chi connectivity index (χ4n) is 1.90. The van der Waals surface area contributed by atoms with E-state index in [0.717, 1.165) is 0 Å². The standard InChI is InChI=1S/C13H12FN5/c14-11-4-2-1-3-10(11)5-6-15-12-13-18-17-9-19(13)8-7-16-12/h1-4,7-9H,5-6H2,(H,15,16). The SMILES string of the molecule is Fc1ccccc1CCNc1nccn2cnnc12. The van der Waals surface area contributed by atoms with Gasteiger partial charge >= 0.3 is 0 Å². The van der Waals surface area contributed by atoms with Gasteiger partial charge in [-0.2, -0.15) is 0 Å². The second kappa shape index (κ2) is 5.01. The minimum atomic E-state index is -0.182. The first-order chi connectivity index (χ1) is 9.34. The van der Waals surface area contributed by atoms with E-state index < -0.39 is 0 Å². The molecule has 0 fully saturated rings. The number of anilines is 1. The summed E-state index contributed by atoms with van der Waals surface area (Å²) in [5.41, 5.74) is 1.35. The van der Waals surface area contributed by atoms with E-state index in [0.29, 0.717) is 30.0 Å². The molecule has 0 spiro atoms. The summed E-state index contributed by atoms with van der Waals surface area (Å²) in [6.45, 7) is 0.584. The quantitative estimate of drug-likeness (QED) is 0.775. The molecule has 19 heavy (non-hydrogen) atoms. The zero-order valence-electron chi connectivity index (χ0n) is 10.1. The van der Waals surface area contributed by atoms with Gasteiger partial charge in [0.2, 0.25) is 5.65 Å². The highest BCUT2D eigenvalue weighted by atomic mass is 19.1. The van der Waals surface area contributed by atoms with Crippen molar-refractivity contribution in [2.45, 2.75) is 6.42 Å². The van der Waals surface area contributed by atoms with Crippen LogP contribution < -0.4 is 5.32 Å². The Balaban J connectivity index is 1.70. The van der Waals surface area contributed by atoms with Crippen molar-refractivity contribution in [3.63, 3.8) is 0 Å². The van der Waals surface area contributed by atoms with Crippen LogP contribution >= 0.6 is 0 Å². The number of hydrogen-bond donors (Lipinski definition) is 1. The number of benzene rings is 1. The van der Waals surface area contributed by atoms with Crippen molar-refractivity contribution in [1.29, 1.82) is 0 Å². The van der Waals surface area contributed by atoms with E-state index in [-0.39, 0.29) is 5.82 Å². The Hall–Kier alpha value is -2.50. The normalized spacial score (nSPS) is 10.8. The van der Waals surface area contributed by atoms with Gasteiger partial charge in [-0.1, -0.05) is 18.2 Å². The third-order valence-corrected chi connectivity index (χ3v) is 2.86. The molecule has 0 radical (unpaired) electrons. The van der Waals surface area contributed by atoms with Crippen LogP contribution in [0.2, 0.25) is 0 Å². The van der Waals surface area contributed by atoms with E-state index in [1.807, 2.05) is 6.07 Å². The van der Waals surface area contributed by atoms with Crippen molar-refractivity contribution in [1.82, 2.24) is 19.6 Å². The molecular formula is C13H12FN5. The molecule has 2 aromatic heterocycles. The number of aromatic nitrogens is 4. The molecule has 0 aliphatic carbocycles. The number of nitrogens with one attached hydrogen (secondary N) is 1. The lowest BCUT2D eigenvalue weighted by Crippen LogP contribution is -2.08. The van der Waals surface area contributed by atoms with Gasteiger partial charge in [0.05, 0.1) is 0 Å². The maximum Gasteiger partial charge on any atom is 0.203 e. The van der Waals surface area contributed by atoms with Crippen LogP contribution in [0.1, 0.15) is 5.56 Å². The molecule has 1 N–H and O–H groups in total. The molecule has 0 atom stereocenters. The largest absolute Gasteiger partial charge is 0.367 e. The highest BCUT2D eigenvalue weighted by molar-refractivity contribution is 5.61. The zero-order valence-corrected chi connectivity index (χ0v) is 10.1. The van der Waals surface area contributed by atoms with Crippen LogP contribution in [-0.2, 0) is 6.42 Å². The second-order valence-corrected chi connectivity index (χ2v) is 4.11. The summed E-state index contributed by atoms with van der Waals surface area (Å²) in [7, 11) is 0. The molecule has 3 rings (SSSR count). The van der Waals surface area contributed by atoms with Crippen molar-refractivity contribution < 1.29 is 4.39 Å². The molecule has 3 aromatic rings. The number of nitrogens with zero attached hydrogens (tertiary/aromatic N) is 4. The Labute approximate surface area is 109 Å². The lowest BCUT2D eigenvalue weighted by atomic mass is 10.1. The number of hydrogen-bond acceptors (Lipinski definition) is 4. The summed E-state index contributed by atoms with van der Waals surface area (Å²) >= 11 is 0. The number of rotatable bonds is 4. The molecule has 6 heteroatoms. The van der Waals surface area contributed by atoms with Gasteiger partial charge in [0, 0.05) is 18.9 Å². The third kappa shape index (κ3) is 2.37. The molecule has 0 bridgehead atoms. The molecule has 1 aromatic carbocycles. The monoisotopic (exact) mass is 257 g/mol. The van der Waals surface area contributed by atoms with Gasteiger partial charge in [-0.3, -0.25) is 4.40 Å². The topological polar surface area (TPSA) is 55.1 Å². The van der Waals surface area contributed by atoms with E-state index >= 15 is 0 Å². The summed E-state index contributed by atoms with van der Waals surface area (Å²) in [5, 5.41) is 10.9. The molecule has 0 unspecified atom stereocenters. The molecule has 96 valence electrons. The second-order valence-electron chi connectivity index (χ2n) is 4.11. The van der Waals surface area contributed by atoms with Gasteiger partial charge in [0.15, 0.2) is 5.82 Å². The van der Waals surface area contributed by atoms with Crippen LogP contribution in [0.4, 0.5) is 10.2 Å². The minimum absolute atomic E-state index is 0.182. The van der Waals surface area contributed by atoms with Crippen LogP contribution in [0.25, 0.3) is 5.65 Å². The van der Waals surface area contributed by atoms with Crippen molar-refractivity contribution in [2.75, 3.05) is 11.9 Å². The summed E-state index contributed by atoms with van der Waals surface area (Å²) in [6, 6.07) is 6.76. The van der Waals surface area contributed by atoms with Crippen molar-refractivity contribution in [2.24, 2.45) is 0 Å². The van der Waals surface area contributed by atoms with Crippen LogP contribution in [0.15, 0.2) is 43.0 Å². The Morgan fingerprint density at radius 1 is 1.26 bits per heavy atom. The average molecular weight is 257 g/mol. The van der Waals surface area contributed by atoms with E-state index in [1.165, 1.54) is 6.07 Å². The van der Waals surface area contributed by atoms with Crippen molar-refractivity contribution in [3.05, 3.63) is 54.4 Å². The van der Waals surface area contributed by atoms with Crippen LogP contribution in [0.5, 0.6) is 0 Å². The van der Waals surface area contributed by atoms with E-state index in [1.54, 1.807) is 35.3 Å². The third-order valence-electron chi connectivity index (χ3n) is 2.86. The van der Waals surface area contributed by atoms with Crippen LogP contribution in [-0.4, -0.2) is 26.1 Å². The van der Waals surface area contributed by atoms with Crippen LogP contribution in [0.3, 0.4) is 0 Å². The molecule has 0 saturated heterocycles. The lowest BCUT2D eigenvalue weighted by Gasteiger charge is -2.06. The van der Waals surface area contributed by atoms with E-state index in [9.17, 15) is 4.39 Å². The Kier molecular flexibility index (Phi) is 3.06. The minimum Gasteiger partial charge on any atom is -0.367 e. The van der Waals surface area contributed by atoms with Gasteiger partial charge in [-0.15, -0.1) is 10.2 Å². The number of fused-ring (bicyclic) bond motifs is 1. The molecule has 5 nitrogen and oxygen atoms in total. The molecular weight excluding hydrogens is 245 g/mol. The first-order valence-corrected chi connectivity index (χ1v) is 5.96. The average Bonchev–Trinajstić information content (AvgIpc) is 2.90. The van der Waals surface area contributed by atoms with Gasteiger partial charge in [0.25, 0.3) is 0 Å². The van der Waals surface area contributed by atoms with Gasteiger partial charge in [-0.05, 0) is 18.1 Å². The predicted molar refractivity (Wildman–Crippen MR) is 69.4 cm³/mol. The Bertz CT molecular complexity index is 694. The zero-order chi connectivity index (χ0) is 13.1. The van der Waals surface area contributed by atoms with Crippen molar-refractivity contribution in [3.8, 4) is 0 Å². The maximum atomic E-state index is 13.4. The van der Waals surface area contributed by atoms with E-state index in [4.69, 9.17) is 0 Å². The smallest absolute Gasteiger partial charge is 0.203 e. The molecule has 0 aliphatic rings. The first kappa shape index (κ1) is 11.6. The van der Waals surface area contributed by atoms with E-state index in [2.05, 4.69) is 20.5 Å². The molecule has 0 aliphatic heterocycles. The summed E-state index contributed by atoms with van der Waals surface area (Å²) in [5.74, 6) is 0.467. The highest BCUT2D eigenvalue weighted by Gasteiger charge is 2.05. The van der Waals surface area contributed by atoms with Gasteiger partial charge in [-0.25, -0.2) is 9.37 Å². The van der Waals surface area contributed by atoms with Crippen molar-refractivity contribution >= 4 is 11.5 Å². The fourth-order valence-corrected chi connectivity index (χ4v) is 1.90. The lowest BCUT2D eigenvalue weighted by molar-refractivity contribution is 0.610. The van der Waals surface area contributed by atoms with Crippen LogP contribution in [0, 0.1) is 5.82 Å². The fraction of sp³-hybridized carbons (Fsp3) is 0.154. The molecule has 2 heterocycles. The summed E-state index contributed by atoms with van der Waals surface area (Å²) in [6.07, 6.45) is 5.64. The van der Waals surface area contributed by atoms with Gasteiger partial charge < -0.3 is 5.32 Å². The predicted octanol–water partition coefficient (Wildman–Crippen LogP) is 1.92. The molecule has 0 amide bonds. The molecule has 0 saturated carbocycles. The van der Waals surface area contributed by atoms with Gasteiger partial charge in [0.1, 0.15) is 12.1 Å². The summed E-state index contributed by atoms with van der Waals surface area (Å²) < 4.78 is 15.2. The summed E-state index contributed by atoms with van der Waals surface area (Å²) in [4.78, 5) is 4.20. The maximum absolute atomic E-state index is 13.4. The first-order valence-electron chi connectivity index (χ1n) is 5.96. The Morgan fingerprint density at radius 2 is 2.16 bits per heavy atom.